The number of carbonyl (C=O) groups excluding carboxylic acids is 2. The zero-order chi connectivity index (χ0) is 19.1. The Bertz CT molecular complexity index is 1030. The molecule has 0 atom stereocenters. The summed E-state index contributed by atoms with van der Waals surface area (Å²) in [5.74, 6) is 1.33. The van der Waals surface area contributed by atoms with Gasteiger partial charge in [0.1, 0.15) is 22.5 Å². The summed E-state index contributed by atoms with van der Waals surface area (Å²) in [6.45, 7) is 0. The Hall–Kier alpha value is -3.51. The second-order valence-electron chi connectivity index (χ2n) is 5.44. The van der Waals surface area contributed by atoms with Crippen molar-refractivity contribution in [1.29, 1.82) is 0 Å². The Morgan fingerprint density at radius 2 is 1.37 bits per heavy atom. The number of hydrogen-bond donors (Lipinski definition) is 2. The summed E-state index contributed by atoms with van der Waals surface area (Å²) in [6, 6.07) is 19.2. The second-order valence-corrected chi connectivity index (χ2v) is 5.82. The predicted octanol–water partition coefficient (Wildman–Crippen LogP) is 4.43. The lowest BCUT2D eigenvalue weighted by Gasteiger charge is -1.93. The number of carbonyl (C=O) groups is 2. The number of aldehydes is 2. The van der Waals surface area contributed by atoms with Gasteiger partial charge in [-0.1, -0.05) is 72.3 Å². The Morgan fingerprint density at radius 1 is 0.778 bits per heavy atom. The van der Waals surface area contributed by atoms with Crippen LogP contribution in [0.25, 0.3) is 22.8 Å². The molecule has 4 rings (SSSR count). The predicted molar refractivity (Wildman–Crippen MR) is 104 cm³/mol. The Balaban J connectivity index is 0.000000156. The third-order valence-electron chi connectivity index (χ3n) is 3.61. The highest BCUT2D eigenvalue weighted by molar-refractivity contribution is 6.31. The zero-order valence-corrected chi connectivity index (χ0v) is 14.9. The van der Waals surface area contributed by atoms with E-state index in [-0.39, 0.29) is 10.8 Å². The molecule has 0 saturated heterocycles. The molecule has 134 valence electrons. The highest BCUT2D eigenvalue weighted by atomic mass is 35.5. The molecule has 2 aromatic carbocycles. The van der Waals surface area contributed by atoms with Gasteiger partial charge in [-0.05, 0) is 0 Å². The first kappa shape index (κ1) is 18.3. The van der Waals surface area contributed by atoms with Crippen LogP contribution in [-0.2, 0) is 0 Å². The lowest BCUT2D eigenvalue weighted by molar-refractivity contribution is 0.111. The number of benzene rings is 2. The van der Waals surface area contributed by atoms with Gasteiger partial charge in [-0.2, -0.15) is 0 Å². The minimum absolute atomic E-state index is 0.241. The summed E-state index contributed by atoms with van der Waals surface area (Å²) < 4.78 is 0. The van der Waals surface area contributed by atoms with Gasteiger partial charge in [-0.25, -0.2) is 9.97 Å². The number of imidazole rings is 2. The van der Waals surface area contributed by atoms with Crippen LogP contribution in [0.3, 0.4) is 0 Å². The molecule has 0 aliphatic heterocycles. The number of nitrogens with one attached hydrogen (secondary N) is 2. The van der Waals surface area contributed by atoms with E-state index in [2.05, 4.69) is 19.9 Å². The maximum absolute atomic E-state index is 10.5. The van der Waals surface area contributed by atoms with Crippen LogP contribution < -0.4 is 0 Å². The molecule has 0 aliphatic carbocycles. The van der Waals surface area contributed by atoms with E-state index in [1.807, 2.05) is 60.7 Å². The summed E-state index contributed by atoms with van der Waals surface area (Å²) in [5, 5.41) is 0.277. The van der Waals surface area contributed by atoms with E-state index < -0.39 is 0 Å². The summed E-state index contributed by atoms with van der Waals surface area (Å²) in [5.41, 5.74) is 2.63. The van der Waals surface area contributed by atoms with Gasteiger partial charge in [0.25, 0.3) is 0 Å². The van der Waals surface area contributed by atoms with E-state index in [0.29, 0.717) is 17.8 Å². The molecular formula is C20H15ClN4O2. The van der Waals surface area contributed by atoms with Gasteiger partial charge < -0.3 is 9.97 Å². The van der Waals surface area contributed by atoms with Crippen LogP contribution in [-0.4, -0.2) is 32.5 Å². The topological polar surface area (TPSA) is 91.5 Å². The third-order valence-corrected chi connectivity index (χ3v) is 3.90. The summed E-state index contributed by atoms with van der Waals surface area (Å²) >= 11 is 5.75. The molecule has 0 unspecified atom stereocenters. The van der Waals surface area contributed by atoms with E-state index >= 15 is 0 Å². The smallest absolute Gasteiger partial charge is 0.171 e. The maximum Gasteiger partial charge on any atom is 0.171 e. The fourth-order valence-corrected chi connectivity index (χ4v) is 2.49. The largest absolute Gasteiger partial charge is 0.336 e. The van der Waals surface area contributed by atoms with Crippen molar-refractivity contribution in [2.75, 3.05) is 0 Å². The molecule has 2 N–H and O–H groups in total. The van der Waals surface area contributed by atoms with E-state index in [4.69, 9.17) is 11.6 Å². The van der Waals surface area contributed by atoms with Gasteiger partial charge in [0.15, 0.2) is 12.6 Å². The second kappa shape index (κ2) is 8.73. The standard InChI is InChI=1S/C10H7ClN2O.C10H8N2O/c11-9-8(6-14)12-10(13-9)7-4-2-1-3-5-7;13-7-9-6-11-10(12-9)8-4-2-1-3-5-8/h1-6H,(H,12,13);1-7H,(H,11,12). The van der Waals surface area contributed by atoms with Gasteiger partial charge in [0.05, 0.1) is 11.9 Å². The molecule has 0 fully saturated rings. The van der Waals surface area contributed by atoms with Crippen LogP contribution in [0.5, 0.6) is 0 Å². The quantitative estimate of drug-likeness (QED) is 0.514. The van der Waals surface area contributed by atoms with Crippen LogP contribution in [0.2, 0.25) is 5.15 Å². The number of rotatable bonds is 4. The Morgan fingerprint density at radius 3 is 1.85 bits per heavy atom. The monoisotopic (exact) mass is 378 g/mol. The Kier molecular flexibility index (Phi) is 5.91. The number of halogens is 1. The number of H-pyrrole nitrogens is 2. The molecular weight excluding hydrogens is 364 g/mol. The van der Waals surface area contributed by atoms with Crippen molar-refractivity contribution in [3.05, 3.63) is 83.4 Å². The van der Waals surface area contributed by atoms with Gasteiger partial charge in [-0.15, -0.1) is 0 Å². The average molecular weight is 379 g/mol. The van der Waals surface area contributed by atoms with Crippen molar-refractivity contribution in [2.45, 2.75) is 0 Å². The fourth-order valence-electron chi connectivity index (χ4n) is 2.31. The van der Waals surface area contributed by atoms with Crippen molar-refractivity contribution in [1.82, 2.24) is 19.9 Å². The van der Waals surface area contributed by atoms with Crippen molar-refractivity contribution in [3.8, 4) is 22.8 Å². The van der Waals surface area contributed by atoms with E-state index in [0.717, 1.165) is 23.2 Å². The summed E-state index contributed by atoms with van der Waals surface area (Å²) in [6.07, 6.45) is 2.90. The molecule has 0 aliphatic rings. The molecule has 0 bridgehead atoms. The van der Waals surface area contributed by atoms with E-state index in [9.17, 15) is 9.59 Å². The molecule has 0 amide bonds. The van der Waals surface area contributed by atoms with E-state index in [1.54, 1.807) is 0 Å². The highest BCUT2D eigenvalue weighted by Crippen LogP contribution is 2.19. The molecule has 2 aromatic heterocycles. The van der Waals surface area contributed by atoms with Gasteiger partial charge in [0.2, 0.25) is 0 Å². The summed E-state index contributed by atoms with van der Waals surface area (Å²) in [7, 11) is 0. The molecule has 7 heteroatoms. The zero-order valence-electron chi connectivity index (χ0n) is 14.1. The van der Waals surface area contributed by atoms with Crippen molar-refractivity contribution < 1.29 is 9.59 Å². The minimum atomic E-state index is 0.241. The first-order valence-electron chi connectivity index (χ1n) is 8.03. The highest BCUT2D eigenvalue weighted by Gasteiger charge is 2.07. The third kappa shape index (κ3) is 4.56. The molecule has 6 nitrogen and oxygen atoms in total. The van der Waals surface area contributed by atoms with Crippen molar-refractivity contribution in [2.24, 2.45) is 0 Å². The molecule has 0 spiro atoms. The molecule has 0 radical (unpaired) electrons. The van der Waals surface area contributed by atoms with Gasteiger partial charge >= 0.3 is 0 Å². The van der Waals surface area contributed by atoms with Crippen LogP contribution in [0, 0.1) is 0 Å². The first-order valence-corrected chi connectivity index (χ1v) is 8.40. The van der Waals surface area contributed by atoms with E-state index in [1.165, 1.54) is 6.20 Å². The van der Waals surface area contributed by atoms with Crippen LogP contribution in [0.15, 0.2) is 66.9 Å². The molecule has 27 heavy (non-hydrogen) atoms. The lowest BCUT2D eigenvalue weighted by atomic mass is 10.2. The van der Waals surface area contributed by atoms with Crippen LogP contribution in [0.1, 0.15) is 21.0 Å². The SMILES string of the molecule is O=Cc1cnc(-c2ccccc2)[nH]1.O=Cc1nc(-c2ccccc2)[nH]c1Cl. The van der Waals surface area contributed by atoms with Gasteiger partial charge in [-0.3, -0.25) is 9.59 Å². The summed E-state index contributed by atoms with van der Waals surface area (Å²) in [4.78, 5) is 34.7. The average Bonchev–Trinajstić information content (AvgIpc) is 3.36. The Labute approximate surface area is 160 Å². The molecule has 4 aromatic rings. The lowest BCUT2D eigenvalue weighted by Crippen LogP contribution is -1.80. The fraction of sp³-hybridized carbons (Fsp3) is 0. The number of aromatic amines is 2. The molecule has 0 saturated carbocycles. The number of nitrogens with zero attached hydrogens (tertiary/aromatic N) is 2. The molecule has 2 heterocycles. The van der Waals surface area contributed by atoms with Crippen LogP contribution >= 0.6 is 11.6 Å². The number of aromatic nitrogens is 4. The van der Waals surface area contributed by atoms with Crippen LogP contribution in [0.4, 0.5) is 0 Å². The minimum Gasteiger partial charge on any atom is -0.336 e. The maximum atomic E-state index is 10.5. The first-order chi connectivity index (χ1) is 13.2. The van der Waals surface area contributed by atoms with Crippen molar-refractivity contribution in [3.63, 3.8) is 0 Å². The normalized spacial score (nSPS) is 9.96. The van der Waals surface area contributed by atoms with Gasteiger partial charge in [0, 0.05) is 11.1 Å². The van der Waals surface area contributed by atoms with Crippen molar-refractivity contribution >= 4 is 24.2 Å². The number of hydrogen-bond acceptors (Lipinski definition) is 4.